The molecule has 0 spiro atoms. The molecule has 0 aliphatic carbocycles. The molecule has 1 aromatic rings. The smallest absolute Gasteiger partial charge is 0.129 e. The van der Waals surface area contributed by atoms with E-state index in [2.05, 4.69) is 29.1 Å². The molecule has 1 N–H and O–H groups in total. The zero-order valence-corrected chi connectivity index (χ0v) is 10.4. The summed E-state index contributed by atoms with van der Waals surface area (Å²) in [7, 11) is 1.72. The van der Waals surface area contributed by atoms with E-state index in [-0.39, 0.29) is 0 Å². The molecule has 1 rings (SSSR count). The first kappa shape index (κ1) is 12.9. The maximum absolute atomic E-state index is 5.18. The molecule has 0 radical (unpaired) electrons. The van der Waals surface area contributed by atoms with Crippen molar-refractivity contribution in [2.75, 3.05) is 19.0 Å². The van der Waals surface area contributed by atoms with Gasteiger partial charge >= 0.3 is 0 Å². The van der Waals surface area contributed by atoms with Crippen molar-refractivity contribution in [1.82, 2.24) is 9.97 Å². The summed E-state index contributed by atoms with van der Waals surface area (Å²) in [5, 5.41) is 3.38. The summed E-state index contributed by atoms with van der Waals surface area (Å²) in [6, 6.07) is 2.33. The van der Waals surface area contributed by atoms with Crippen LogP contribution in [-0.2, 0) is 11.2 Å². The van der Waals surface area contributed by atoms with Crippen molar-refractivity contribution >= 4 is 5.82 Å². The molecule has 0 aliphatic heterocycles. The van der Waals surface area contributed by atoms with Gasteiger partial charge in [-0.15, -0.1) is 0 Å². The lowest BCUT2D eigenvalue weighted by atomic mass is 10.2. The van der Waals surface area contributed by atoms with Gasteiger partial charge in [-0.25, -0.2) is 9.97 Å². The molecule has 90 valence electrons. The van der Waals surface area contributed by atoms with Crippen LogP contribution in [0.2, 0.25) is 0 Å². The average Bonchev–Trinajstić information content (AvgIpc) is 2.30. The number of aromatic nitrogens is 2. The first-order valence-corrected chi connectivity index (χ1v) is 5.86. The number of nitrogens with zero attached hydrogens (tertiary/aromatic N) is 2. The highest BCUT2D eigenvalue weighted by molar-refractivity contribution is 5.35. The lowest BCUT2D eigenvalue weighted by Gasteiger charge is -2.17. The first-order valence-electron chi connectivity index (χ1n) is 5.86. The summed E-state index contributed by atoms with van der Waals surface area (Å²) in [5.74, 6) is 0.891. The monoisotopic (exact) mass is 223 g/mol. The SMILES string of the molecule is CCCC(COC)Nc1cc(CC)ncn1. The zero-order valence-electron chi connectivity index (χ0n) is 10.4. The molecular weight excluding hydrogens is 202 g/mol. The van der Waals surface area contributed by atoms with Gasteiger partial charge in [0.05, 0.1) is 12.6 Å². The van der Waals surface area contributed by atoms with Gasteiger partial charge in [0.1, 0.15) is 12.1 Å². The third kappa shape index (κ3) is 4.14. The Kier molecular flexibility index (Phi) is 5.78. The van der Waals surface area contributed by atoms with Crippen LogP contribution in [0.5, 0.6) is 0 Å². The van der Waals surface area contributed by atoms with Gasteiger partial charge < -0.3 is 10.1 Å². The minimum absolute atomic E-state index is 0.328. The van der Waals surface area contributed by atoms with Gasteiger partial charge in [0.25, 0.3) is 0 Å². The Hall–Kier alpha value is -1.16. The van der Waals surface area contributed by atoms with Gasteiger partial charge in [-0.1, -0.05) is 20.3 Å². The molecule has 16 heavy (non-hydrogen) atoms. The van der Waals surface area contributed by atoms with E-state index in [4.69, 9.17) is 4.74 Å². The number of ether oxygens (including phenoxy) is 1. The van der Waals surface area contributed by atoms with Gasteiger partial charge in [-0.2, -0.15) is 0 Å². The quantitative estimate of drug-likeness (QED) is 0.770. The average molecular weight is 223 g/mol. The van der Waals surface area contributed by atoms with Gasteiger partial charge in [-0.05, 0) is 12.8 Å². The maximum Gasteiger partial charge on any atom is 0.129 e. The van der Waals surface area contributed by atoms with Crippen LogP contribution in [0.15, 0.2) is 12.4 Å². The van der Waals surface area contributed by atoms with Crippen molar-refractivity contribution in [3.05, 3.63) is 18.1 Å². The predicted octanol–water partition coefficient (Wildman–Crippen LogP) is 2.27. The fraction of sp³-hybridized carbons (Fsp3) is 0.667. The molecule has 1 atom stereocenters. The number of aryl methyl sites for hydroxylation is 1. The van der Waals surface area contributed by atoms with Crippen molar-refractivity contribution in [2.45, 2.75) is 39.2 Å². The van der Waals surface area contributed by atoms with Crippen molar-refractivity contribution in [1.29, 1.82) is 0 Å². The maximum atomic E-state index is 5.18. The van der Waals surface area contributed by atoms with Gasteiger partial charge in [0.15, 0.2) is 0 Å². The van der Waals surface area contributed by atoms with E-state index in [1.54, 1.807) is 13.4 Å². The van der Waals surface area contributed by atoms with Crippen LogP contribution >= 0.6 is 0 Å². The molecule has 0 fully saturated rings. The van der Waals surface area contributed by atoms with Crippen LogP contribution in [0.3, 0.4) is 0 Å². The lowest BCUT2D eigenvalue weighted by Crippen LogP contribution is -2.25. The van der Waals surface area contributed by atoms with E-state index in [0.29, 0.717) is 12.6 Å². The number of methoxy groups -OCH3 is 1. The molecule has 0 saturated heterocycles. The largest absolute Gasteiger partial charge is 0.383 e. The predicted molar refractivity (Wildman–Crippen MR) is 65.6 cm³/mol. The molecule has 0 saturated carbocycles. The van der Waals surface area contributed by atoms with Crippen LogP contribution in [0, 0.1) is 0 Å². The van der Waals surface area contributed by atoms with Crippen molar-refractivity contribution in [2.24, 2.45) is 0 Å². The molecule has 0 bridgehead atoms. The van der Waals surface area contributed by atoms with Gasteiger partial charge in [0.2, 0.25) is 0 Å². The number of rotatable bonds is 7. The summed E-state index contributed by atoms with van der Waals surface area (Å²) < 4.78 is 5.18. The molecule has 1 aromatic heterocycles. The molecule has 0 aliphatic rings. The molecular formula is C12H21N3O. The Morgan fingerprint density at radius 2 is 2.19 bits per heavy atom. The highest BCUT2D eigenvalue weighted by atomic mass is 16.5. The summed E-state index contributed by atoms with van der Waals surface area (Å²) >= 11 is 0. The number of hydrogen-bond donors (Lipinski definition) is 1. The molecule has 1 unspecified atom stereocenters. The minimum Gasteiger partial charge on any atom is -0.383 e. The van der Waals surface area contributed by atoms with Gasteiger partial charge in [-0.3, -0.25) is 0 Å². The highest BCUT2D eigenvalue weighted by Gasteiger charge is 2.08. The van der Waals surface area contributed by atoms with Crippen LogP contribution in [0.25, 0.3) is 0 Å². The second-order valence-corrected chi connectivity index (χ2v) is 3.83. The molecule has 4 nitrogen and oxygen atoms in total. The van der Waals surface area contributed by atoms with Crippen LogP contribution in [0.1, 0.15) is 32.4 Å². The third-order valence-electron chi connectivity index (χ3n) is 2.44. The standard InChI is InChI=1S/C12H21N3O/c1-4-6-11(8-16-3)15-12-7-10(5-2)13-9-14-12/h7,9,11H,4-6,8H2,1-3H3,(H,13,14,15). The fourth-order valence-electron chi connectivity index (χ4n) is 1.63. The zero-order chi connectivity index (χ0) is 11.8. The molecule has 1 heterocycles. The Balaban J connectivity index is 2.60. The van der Waals surface area contributed by atoms with E-state index in [9.17, 15) is 0 Å². The second kappa shape index (κ2) is 7.17. The van der Waals surface area contributed by atoms with E-state index < -0.39 is 0 Å². The topological polar surface area (TPSA) is 47.0 Å². The summed E-state index contributed by atoms with van der Waals surface area (Å²) in [6.45, 7) is 4.96. The lowest BCUT2D eigenvalue weighted by molar-refractivity contribution is 0.182. The van der Waals surface area contributed by atoms with Crippen LogP contribution < -0.4 is 5.32 Å². The Morgan fingerprint density at radius 3 is 2.81 bits per heavy atom. The number of anilines is 1. The van der Waals surface area contributed by atoms with Crippen LogP contribution in [0.4, 0.5) is 5.82 Å². The van der Waals surface area contributed by atoms with E-state index in [0.717, 1.165) is 30.8 Å². The highest BCUT2D eigenvalue weighted by Crippen LogP contribution is 2.09. The summed E-state index contributed by atoms with van der Waals surface area (Å²) in [4.78, 5) is 8.39. The van der Waals surface area contributed by atoms with Crippen LogP contribution in [-0.4, -0.2) is 29.7 Å². The third-order valence-corrected chi connectivity index (χ3v) is 2.44. The summed E-state index contributed by atoms with van der Waals surface area (Å²) in [6.07, 6.45) is 4.75. The molecule has 4 heteroatoms. The number of hydrogen-bond acceptors (Lipinski definition) is 4. The first-order chi connectivity index (χ1) is 7.80. The van der Waals surface area contributed by atoms with E-state index in [1.807, 2.05) is 6.07 Å². The Labute approximate surface area is 97.5 Å². The van der Waals surface area contributed by atoms with Crippen molar-refractivity contribution < 1.29 is 4.74 Å². The number of nitrogens with one attached hydrogen (secondary N) is 1. The Bertz CT molecular complexity index is 298. The summed E-state index contributed by atoms with van der Waals surface area (Å²) in [5.41, 5.74) is 1.06. The fourth-order valence-corrected chi connectivity index (χ4v) is 1.63. The minimum atomic E-state index is 0.328. The molecule has 0 amide bonds. The Morgan fingerprint density at radius 1 is 1.38 bits per heavy atom. The van der Waals surface area contributed by atoms with E-state index in [1.165, 1.54) is 0 Å². The second-order valence-electron chi connectivity index (χ2n) is 3.83. The van der Waals surface area contributed by atoms with Gasteiger partial charge in [0, 0.05) is 18.9 Å². The van der Waals surface area contributed by atoms with Crippen molar-refractivity contribution in [3.63, 3.8) is 0 Å². The normalized spacial score (nSPS) is 12.4. The van der Waals surface area contributed by atoms with Crippen molar-refractivity contribution in [3.8, 4) is 0 Å². The van der Waals surface area contributed by atoms with E-state index >= 15 is 0 Å². The molecule has 0 aromatic carbocycles.